The van der Waals surface area contributed by atoms with Gasteiger partial charge in [-0.05, 0) is 73.9 Å². The van der Waals surface area contributed by atoms with Crippen molar-refractivity contribution >= 4 is 33.2 Å². The number of carbonyl (C=O) groups excluding carboxylic acids is 1. The zero-order valence-corrected chi connectivity index (χ0v) is 19.3. The number of amides is 1. The van der Waals surface area contributed by atoms with E-state index in [0.29, 0.717) is 17.1 Å². The molecule has 30 heavy (non-hydrogen) atoms. The molecule has 0 unspecified atom stereocenters. The quantitative estimate of drug-likeness (QED) is 0.643. The third kappa shape index (κ3) is 5.55. The molecule has 162 valence electrons. The van der Waals surface area contributed by atoms with Crippen LogP contribution in [0, 0.1) is 6.92 Å². The van der Waals surface area contributed by atoms with Crippen molar-refractivity contribution in [3.8, 4) is 0 Å². The minimum atomic E-state index is -3.48. The molecule has 0 spiro atoms. The van der Waals surface area contributed by atoms with Crippen LogP contribution in [0.5, 0.6) is 0 Å². The van der Waals surface area contributed by atoms with Gasteiger partial charge in [0.2, 0.25) is 15.9 Å². The Bertz CT molecular complexity index is 1040. The Morgan fingerprint density at radius 1 is 1.17 bits per heavy atom. The first-order chi connectivity index (χ1) is 14.1. The summed E-state index contributed by atoms with van der Waals surface area (Å²) in [4.78, 5) is 12.4. The number of rotatable bonds is 8. The zero-order chi connectivity index (χ0) is 21.9. The molecule has 0 saturated heterocycles. The number of nitrogens with zero attached hydrogens (tertiary/aromatic N) is 1. The van der Waals surface area contributed by atoms with E-state index in [-0.39, 0.29) is 24.9 Å². The smallest absolute Gasteiger partial charge is 0.232 e. The van der Waals surface area contributed by atoms with E-state index in [9.17, 15) is 13.2 Å². The molecule has 1 amide bonds. The molecule has 0 saturated carbocycles. The molecule has 7 heteroatoms. The van der Waals surface area contributed by atoms with E-state index in [1.165, 1.54) is 28.1 Å². The van der Waals surface area contributed by atoms with Crippen LogP contribution >= 0.6 is 11.6 Å². The molecule has 2 aromatic carbocycles. The van der Waals surface area contributed by atoms with Crippen LogP contribution in [0.25, 0.3) is 0 Å². The summed E-state index contributed by atoms with van der Waals surface area (Å²) in [5.74, 6) is -0.0840. The molecular weight excluding hydrogens is 420 g/mol. The lowest BCUT2D eigenvalue weighted by Crippen LogP contribution is -2.33. The molecule has 1 aliphatic carbocycles. The maximum absolute atomic E-state index is 12.4. The summed E-state index contributed by atoms with van der Waals surface area (Å²) in [6.45, 7) is 4.04. The Morgan fingerprint density at radius 2 is 1.90 bits per heavy atom. The van der Waals surface area contributed by atoms with Crippen molar-refractivity contribution < 1.29 is 13.2 Å². The molecule has 5 nitrogen and oxygen atoms in total. The highest BCUT2D eigenvalue weighted by Crippen LogP contribution is 2.27. The van der Waals surface area contributed by atoms with E-state index in [1.54, 1.807) is 18.2 Å². The Balaban J connectivity index is 1.58. The van der Waals surface area contributed by atoms with Gasteiger partial charge in [-0.3, -0.25) is 9.10 Å². The van der Waals surface area contributed by atoms with Gasteiger partial charge in [0, 0.05) is 18.0 Å². The Hall–Kier alpha value is -2.05. The second kappa shape index (κ2) is 9.40. The molecule has 0 aliphatic heterocycles. The van der Waals surface area contributed by atoms with E-state index >= 15 is 0 Å². The van der Waals surface area contributed by atoms with Gasteiger partial charge in [0.25, 0.3) is 0 Å². The second-order valence-electron chi connectivity index (χ2n) is 8.04. The fraction of sp³-hybridized carbons (Fsp3) is 0.435. The molecule has 1 atom stereocenters. The normalized spacial score (nSPS) is 14.3. The van der Waals surface area contributed by atoms with Crippen molar-refractivity contribution in [3.05, 3.63) is 63.7 Å². The summed E-state index contributed by atoms with van der Waals surface area (Å²) >= 11 is 6.06. The summed E-state index contributed by atoms with van der Waals surface area (Å²) in [6.07, 6.45) is 5.28. The van der Waals surface area contributed by atoms with Gasteiger partial charge in [-0.1, -0.05) is 35.9 Å². The van der Waals surface area contributed by atoms with Crippen LogP contribution in [0.4, 0.5) is 5.69 Å². The largest absolute Gasteiger partial charge is 0.350 e. The van der Waals surface area contributed by atoms with Crippen molar-refractivity contribution in [2.75, 3.05) is 17.1 Å². The number of nitrogens with one attached hydrogen (secondary N) is 1. The molecule has 0 aromatic heterocycles. The maximum Gasteiger partial charge on any atom is 0.232 e. The van der Waals surface area contributed by atoms with Crippen LogP contribution < -0.4 is 9.62 Å². The second-order valence-corrected chi connectivity index (χ2v) is 10.4. The van der Waals surface area contributed by atoms with E-state index < -0.39 is 10.0 Å². The SMILES string of the molecule is Cc1ccc(Cl)cc1N(CCCC(=O)N[C@H](C)c1ccc2c(c1)CCC2)S(C)(=O)=O. The molecule has 0 heterocycles. The molecule has 1 aliphatic rings. The predicted octanol–water partition coefficient (Wildman–Crippen LogP) is 4.56. The number of hydrogen-bond donors (Lipinski definition) is 1. The van der Waals surface area contributed by atoms with Gasteiger partial charge < -0.3 is 5.32 Å². The lowest BCUT2D eigenvalue weighted by Gasteiger charge is -2.24. The van der Waals surface area contributed by atoms with Crippen molar-refractivity contribution in [1.82, 2.24) is 5.32 Å². The molecule has 0 bridgehead atoms. The van der Waals surface area contributed by atoms with Gasteiger partial charge in [0.1, 0.15) is 0 Å². The minimum absolute atomic E-state index is 0.0791. The Morgan fingerprint density at radius 3 is 2.63 bits per heavy atom. The first kappa shape index (κ1) is 22.6. The highest BCUT2D eigenvalue weighted by Gasteiger charge is 2.20. The number of anilines is 1. The van der Waals surface area contributed by atoms with Crippen molar-refractivity contribution in [2.24, 2.45) is 0 Å². The fourth-order valence-corrected chi connectivity index (χ4v) is 5.14. The van der Waals surface area contributed by atoms with Crippen LogP contribution in [0.15, 0.2) is 36.4 Å². The van der Waals surface area contributed by atoms with Crippen LogP contribution in [0.1, 0.15) is 54.5 Å². The number of hydrogen-bond acceptors (Lipinski definition) is 3. The molecule has 1 N–H and O–H groups in total. The summed E-state index contributed by atoms with van der Waals surface area (Å²) in [7, 11) is -3.48. The third-order valence-corrected chi connectivity index (χ3v) is 7.02. The lowest BCUT2D eigenvalue weighted by molar-refractivity contribution is -0.121. The third-order valence-electron chi connectivity index (χ3n) is 5.61. The average molecular weight is 449 g/mol. The van der Waals surface area contributed by atoms with E-state index in [0.717, 1.165) is 24.0 Å². The first-order valence-electron chi connectivity index (χ1n) is 10.3. The van der Waals surface area contributed by atoms with Gasteiger partial charge in [-0.2, -0.15) is 0 Å². The number of aryl methyl sites for hydroxylation is 3. The standard InChI is InChI=1S/C23H29ClN2O3S/c1-16-9-12-21(24)15-22(16)26(30(3,28)29)13-5-8-23(27)25-17(2)19-11-10-18-6-4-7-20(18)14-19/h9-12,14-15,17H,4-8,13H2,1-3H3,(H,25,27)/t17-/m1/s1. The number of halogens is 1. The molecule has 3 rings (SSSR count). The van der Waals surface area contributed by atoms with Gasteiger partial charge >= 0.3 is 0 Å². The van der Waals surface area contributed by atoms with E-state index in [1.807, 2.05) is 13.8 Å². The number of sulfonamides is 1. The fourth-order valence-electron chi connectivity index (χ4n) is 3.96. The number of benzene rings is 2. The van der Waals surface area contributed by atoms with E-state index in [2.05, 4.69) is 23.5 Å². The highest BCUT2D eigenvalue weighted by atomic mass is 35.5. The van der Waals surface area contributed by atoms with E-state index in [4.69, 9.17) is 11.6 Å². The van der Waals surface area contributed by atoms with Crippen molar-refractivity contribution in [1.29, 1.82) is 0 Å². The summed E-state index contributed by atoms with van der Waals surface area (Å²) in [5, 5.41) is 3.51. The topological polar surface area (TPSA) is 66.5 Å². The monoisotopic (exact) mass is 448 g/mol. The highest BCUT2D eigenvalue weighted by molar-refractivity contribution is 7.92. The number of fused-ring (bicyclic) bond motifs is 1. The first-order valence-corrected chi connectivity index (χ1v) is 12.5. The Kier molecular flexibility index (Phi) is 7.09. The lowest BCUT2D eigenvalue weighted by atomic mass is 10.0. The maximum atomic E-state index is 12.4. The van der Waals surface area contributed by atoms with Gasteiger partial charge in [-0.15, -0.1) is 0 Å². The van der Waals surface area contributed by atoms with Crippen molar-refractivity contribution in [2.45, 2.75) is 52.0 Å². The molecule has 0 radical (unpaired) electrons. The van der Waals surface area contributed by atoms with Crippen LogP contribution in [-0.4, -0.2) is 27.1 Å². The summed E-state index contributed by atoms with van der Waals surface area (Å²) < 4.78 is 25.9. The minimum Gasteiger partial charge on any atom is -0.350 e. The summed E-state index contributed by atoms with van der Waals surface area (Å²) in [6, 6.07) is 11.5. The predicted molar refractivity (Wildman–Crippen MR) is 123 cm³/mol. The van der Waals surface area contributed by atoms with Crippen LogP contribution in [-0.2, 0) is 27.7 Å². The van der Waals surface area contributed by atoms with Gasteiger partial charge in [-0.25, -0.2) is 8.42 Å². The average Bonchev–Trinajstić information content (AvgIpc) is 3.14. The molecule has 0 fully saturated rings. The number of carbonyl (C=O) groups is 1. The molecular formula is C23H29ClN2O3S. The van der Waals surface area contributed by atoms with Gasteiger partial charge in [0.15, 0.2) is 0 Å². The van der Waals surface area contributed by atoms with Crippen molar-refractivity contribution in [3.63, 3.8) is 0 Å². The van der Waals surface area contributed by atoms with Gasteiger partial charge in [0.05, 0.1) is 18.0 Å². The Labute approximate surface area is 184 Å². The zero-order valence-electron chi connectivity index (χ0n) is 17.7. The molecule has 2 aromatic rings. The van der Waals surface area contributed by atoms with Crippen LogP contribution in [0.3, 0.4) is 0 Å². The summed E-state index contributed by atoms with van der Waals surface area (Å²) in [5.41, 5.74) is 5.27. The van der Waals surface area contributed by atoms with Crippen LogP contribution in [0.2, 0.25) is 5.02 Å².